The Morgan fingerprint density at radius 3 is 1.37 bits per heavy atom. The molecule has 0 aromatic heterocycles. The van der Waals surface area contributed by atoms with Crippen molar-refractivity contribution in [3.05, 3.63) is 75.3 Å². The third-order valence-corrected chi connectivity index (χ3v) is 9.29. The molecule has 1 fully saturated rings. The van der Waals surface area contributed by atoms with Crippen molar-refractivity contribution in [2.75, 3.05) is 0 Å². The van der Waals surface area contributed by atoms with Crippen LogP contribution in [0.25, 0.3) is 0 Å². The van der Waals surface area contributed by atoms with Gasteiger partial charge in [0.25, 0.3) is 0 Å². The average molecular weight is 589 g/mol. The van der Waals surface area contributed by atoms with Crippen LogP contribution in [0.5, 0.6) is 28.7 Å². The van der Waals surface area contributed by atoms with Gasteiger partial charge in [0.1, 0.15) is 28.7 Å². The first-order valence-electron chi connectivity index (χ1n) is 16.7. The SMILES string of the molecule is CCCCCCc1cc(Cc2cc(C3CCCCC3)cc(Cc3cc(CCCCCC)c(O)cc3O)c2O)c(O)cc1O. The Balaban J connectivity index is 1.66. The normalized spacial score (nSPS) is 13.9. The van der Waals surface area contributed by atoms with Gasteiger partial charge >= 0.3 is 0 Å². The molecule has 0 radical (unpaired) electrons. The van der Waals surface area contributed by atoms with Crippen LogP contribution in [0.15, 0.2) is 36.4 Å². The number of unbranched alkanes of at least 4 members (excludes halogenated alkanes) is 6. The van der Waals surface area contributed by atoms with Crippen LogP contribution in [-0.2, 0) is 25.7 Å². The zero-order chi connectivity index (χ0) is 30.8. The molecule has 0 unspecified atom stereocenters. The van der Waals surface area contributed by atoms with Crippen LogP contribution in [0, 0.1) is 0 Å². The second-order valence-electron chi connectivity index (χ2n) is 12.7. The monoisotopic (exact) mass is 588 g/mol. The summed E-state index contributed by atoms with van der Waals surface area (Å²) in [7, 11) is 0. The second-order valence-corrected chi connectivity index (χ2v) is 12.7. The van der Waals surface area contributed by atoms with E-state index in [2.05, 4.69) is 26.0 Å². The summed E-state index contributed by atoms with van der Waals surface area (Å²) in [6.07, 6.45) is 16.8. The number of rotatable bonds is 15. The fourth-order valence-electron chi connectivity index (χ4n) is 6.65. The minimum Gasteiger partial charge on any atom is -0.508 e. The summed E-state index contributed by atoms with van der Waals surface area (Å²) in [5.41, 5.74) is 5.71. The topological polar surface area (TPSA) is 101 Å². The van der Waals surface area contributed by atoms with Crippen molar-refractivity contribution in [2.24, 2.45) is 0 Å². The molecule has 1 saturated carbocycles. The van der Waals surface area contributed by atoms with E-state index in [4.69, 9.17) is 0 Å². The molecule has 0 bridgehead atoms. The van der Waals surface area contributed by atoms with Gasteiger partial charge in [-0.05, 0) is 95.5 Å². The summed E-state index contributed by atoms with van der Waals surface area (Å²) >= 11 is 0. The van der Waals surface area contributed by atoms with Gasteiger partial charge in [-0.1, -0.05) is 83.8 Å². The minimum atomic E-state index is 0.0303. The summed E-state index contributed by atoms with van der Waals surface area (Å²) in [6.45, 7) is 4.35. The van der Waals surface area contributed by atoms with Crippen molar-refractivity contribution in [1.82, 2.24) is 0 Å². The Morgan fingerprint density at radius 1 is 0.488 bits per heavy atom. The molecular weight excluding hydrogens is 536 g/mol. The molecule has 1 aliphatic rings. The first kappa shape index (κ1) is 32.6. The molecule has 4 rings (SSSR count). The molecule has 3 aromatic carbocycles. The van der Waals surface area contributed by atoms with Crippen LogP contribution in [0.1, 0.15) is 142 Å². The van der Waals surface area contributed by atoms with E-state index < -0.39 is 0 Å². The summed E-state index contributed by atoms with van der Waals surface area (Å²) in [4.78, 5) is 0. The molecule has 0 atom stereocenters. The van der Waals surface area contributed by atoms with Gasteiger partial charge in [-0.2, -0.15) is 0 Å². The predicted molar refractivity (Wildman–Crippen MR) is 175 cm³/mol. The number of phenolic OH excluding ortho intramolecular Hbond substituents is 5. The van der Waals surface area contributed by atoms with E-state index in [-0.39, 0.29) is 28.7 Å². The Labute approximate surface area is 258 Å². The lowest BCUT2D eigenvalue weighted by atomic mass is 9.81. The van der Waals surface area contributed by atoms with Gasteiger partial charge in [0, 0.05) is 25.0 Å². The highest BCUT2D eigenvalue weighted by molar-refractivity contribution is 5.54. The quantitative estimate of drug-likeness (QED) is 0.114. The minimum absolute atomic E-state index is 0.0303. The van der Waals surface area contributed by atoms with Crippen molar-refractivity contribution in [2.45, 2.75) is 129 Å². The van der Waals surface area contributed by atoms with Crippen LogP contribution < -0.4 is 0 Å². The van der Waals surface area contributed by atoms with Crippen molar-refractivity contribution in [3.63, 3.8) is 0 Å². The van der Waals surface area contributed by atoms with E-state index in [1.165, 1.54) is 37.0 Å². The third-order valence-electron chi connectivity index (χ3n) is 9.29. The average Bonchev–Trinajstić information content (AvgIpc) is 2.99. The van der Waals surface area contributed by atoms with Crippen LogP contribution in [0.3, 0.4) is 0 Å². The number of phenols is 5. The lowest BCUT2D eigenvalue weighted by Crippen LogP contribution is -2.07. The number of aromatic hydroxyl groups is 5. The third kappa shape index (κ3) is 8.84. The molecule has 0 heterocycles. The Bertz CT molecular complexity index is 1250. The molecule has 43 heavy (non-hydrogen) atoms. The van der Waals surface area contributed by atoms with Crippen LogP contribution in [-0.4, -0.2) is 25.5 Å². The molecule has 5 nitrogen and oxygen atoms in total. The molecular formula is C38H52O5. The molecule has 0 aliphatic heterocycles. The van der Waals surface area contributed by atoms with E-state index in [9.17, 15) is 25.5 Å². The van der Waals surface area contributed by atoms with Crippen LogP contribution in [0.2, 0.25) is 0 Å². The maximum absolute atomic E-state index is 11.6. The fraction of sp³-hybridized carbons (Fsp3) is 0.526. The molecule has 3 aromatic rings. The highest BCUT2D eigenvalue weighted by atomic mass is 16.3. The summed E-state index contributed by atoms with van der Waals surface area (Å²) < 4.78 is 0. The Kier molecular flexibility index (Phi) is 12.1. The van der Waals surface area contributed by atoms with E-state index >= 15 is 0 Å². The smallest absolute Gasteiger partial charge is 0.122 e. The Hall–Kier alpha value is -3.34. The van der Waals surface area contributed by atoms with Crippen molar-refractivity contribution >= 4 is 0 Å². The number of hydrogen-bond donors (Lipinski definition) is 5. The largest absolute Gasteiger partial charge is 0.508 e. The molecule has 1 aliphatic carbocycles. The van der Waals surface area contributed by atoms with Gasteiger partial charge in [0.2, 0.25) is 0 Å². The summed E-state index contributed by atoms with van der Waals surface area (Å²) in [5.74, 6) is 0.884. The van der Waals surface area contributed by atoms with Gasteiger partial charge in [-0.25, -0.2) is 0 Å². The van der Waals surface area contributed by atoms with E-state index in [0.29, 0.717) is 29.9 Å². The first-order valence-corrected chi connectivity index (χ1v) is 16.7. The molecule has 5 N–H and O–H groups in total. The van der Waals surface area contributed by atoms with Crippen molar-refractivity contribution < 1.29 is 25.5 Å². The maximum Gasteiger partial charge on any atom is 0.122 e. The van der Waals surface area contributed by atoms with Gasteiger partial charge < -0.3 is 25.5 Å². The standard InChI is InChI=1S/C38H52O5/c1-3-5-7-10-16-27-18-30(36(41)24-34(27)39)22-32-20-29(26-14-12-9-13-15-26)21-33(38(32)43)23-31-19-28(17-11-8-6-4-2)35(40)25-37(31)42/h18-21,24-26,39-43H,3-17,22-23H2,1-2H3. The van der Waals surface area contributed by atoms with Gasteiger partial charge in [0.15, 0.2) is 0 Å². The second kappa shape index (κ2) is 15.9. The number of hydrogen-bond acceptors (Lipinski definition) is 5. The Morgan fingerprint density at radius 2 is 0.930 bits per heavy atom. The lowest BCUT2D eigenvalue weighted by Gasteiger charge is -2.24. The van der Waals surface area contributed by atoms with Crippen molar-refractivity contribution in [1.29, 1.82) is 0 Å². The predicted octanol–water partition coefficient (Wildman–Crippen LogP) is 9.69. The highest BCUT2D eigenvalue weighted by Gasteiger charge is 2.21. The molecule has 0 saturated heterocycles. The number of aryl methyl sites for hydroxylation is 2. The van der Waals surface area contributed by atoms with Gasteiger partial charge in [-0.3, -0.25) is 0 Å². The summed E-state index contributed by atoms with van der Waals surface area (Å²) in [5, 5.41) is 54.2. The summed E-state index contributed by atoms with van der Waals surface area (Å²) in [6, 6.07) is 10.8. The van der Waals surface area contributed by atoms with Crippen molar-refractivity contribution in [3.8, 4) is 28.7 Å². The molecule has 0 amide bonds. The highest BCUT2D eigenvalue weighted by Crippen LogP contribution is 2.40. The molecule has 0 spiro atoms. The zero-order valence-electron chi connectivity index (χ0n) is 26.3. The van der Waals surface area contributed by atoms with Crippen LogP contribution >= 0.6 is 0 Å². The molecule has 5 heteroatoms. The molecule has 234 valence electrons. The lowest BCUT2D eigenvalue weighted by molar-refractivity contribution is 0.436. The number of benzene rings is 3. The zero-order valence-corrected chi connectivity index (χ0v) is 26.3. The maximum atomic E-state index is 11.6. The fourth-order valence-corrected chi connectivity index (χ4v) is 6.65. The first-order chi connectivity index (χ1) is 20.8. The van der Waals surface area contributed by atoms with Gasteiger partial charge in [-0.15, -0.1) is 0 Å². The van der Waals surface area contributed by atoms with E-state index in [1.807, 2.05) is 12.1 Å². The van der Waals surface area contributed by atoms with E-state index in [1.54, 1.807) is 0 Å². The van der Waals surface area contributed by atoms with E-state index in [0.717, 1.165) is 99.3 Å². The van der Waals surface area contributed by atoms with Gasteiger partial charge in [0.05, 0.1) is 0 Å². The van der Waals surface area contributed by atoms with Crippen LogP contribution in [0.4, 0.5) is 0 Å².